The summed E-state index contributed by atoms with van der Waals surface area (Å²) in [6.07, 6.45) is 4.79. The van der Waals surface area contributed by atoms with Gasteiger partial charge < -0.3 is 15.0 Å². The van der Waals surface area contributed by atoms with Crippen LogP contribution in [0.15, 0.2) is 0 Å². The maximum Gasteiger partial charge on any atom is 0.246 e. The largest absolute Gasteiger partial charge is 0.381 e. The fraction of sp³-hybridized carbons (Fsp3) is 0.867. The molecule has 0 spiro atoms. The zero-order valence-corrected chi connectivity index (χ0v) is 12.1. The molecular weight excluding hydrogens is 256 g/mol. The van der Waals surface area contributed by atoms with Crippen LogP contribution >= 0.6 is 0 Å². The maximum atomic E-state index is 12.7. The Morgan fingerprint density at radius 2 is 2.10 bits per heavy atom. The number of nitrogens with one attached hydrogen (secondary N) is 1. The second-order valence-corrected chi connectivity index (χ2v) is 6.35. The second kappa shape index (κ2) is 5.72. The predicted octanol–water partition coefficient (Wildman–Crippen LogP) is 0.929. The molecule has 0 radical (unpaired) electrons. The van der Waals surface area contributed by atoms with Gasteiger partial charge in [0, 0.05) is 19.1 Å². The molecule has 3 rings (SSSR count). The summed E-state index contributed by atoms with van der Waals surface area (Å²) in [6, 6.07) is -0.541. The first-order chi connectivity index (χ1) is 9.70. The van der Waals surface area contributed by atoms with Crippen LogP contribution in [0.25, 0.3) is 0 Å². The monoisotopic (exact) mass is 280 g/mol. The van der Waals surface area contributed by atoms with E-state index in [1.165, 1.54) is 0 Å². The number of rotatable bonds is 5. The minimum atomic E-state index is -0.275. The molecule has 3 unspecified atom stereocenters. The number of carbonyl (C=O) groups is 2. The summed E-state index contributed by atoms with van der Waals surface area (Å²) in [7, 11) is 0. The number of hydrogen-bond acceptors (Lipinski definition) is 3. The summed E-state index contributed by atoms with van der Waals surface area (Å²) < 4.78 is 5.40. The number of amides is 2. The highest BCUT2D eigenvalue weighted by Crippen LogP contribution is 2.35. The Kier molecular flexibility index (Phi) is 3.96. The molecule has 2 aliphatic heterocycles. The van der Waals surface area contributed by atoms with Gasteiger partial charge in [-0.15, -0.1) is 0 Å². The summed E-state index contributed by atoms with van der Waals surface area (Å²) in [4.78, 5) is 26.9. The molecule has 0 aromatic rings. The quantitative estimate of drug-likeness (QED) is 0.815. The first-order valence-corrected chi connectivity index (χ1v) is 7.89. The topological polar surface area (TPSA) is 58.6 Å². The van der Waals surface area contributed by atoms with Crippen LogP contribution in [-0.2, 0) is 14.3 Å². The molecule has 3 atom stereocenters. The van der Waals surface area contributed by atoms with Crippen LogP contribution in [0.2, 0.25) is 0 Å². The first kappa shape index (κ1) is 13.9. The molecule has 0 bridgehead atoms. The van der Waals surface area contributed by atoms with E-state index in [2.05, 4.69) is 12.2 Å². The molecule has 1 aliphatic carbocycles. The second-order valence-electron chi connectivity index (χ2n) is 6.35. The molecule has 5 nitrogen and oxygen atoms in total. The van der Waals surface area contributed by atoms with Crippen molar-refractivity contribution in [3.8, 4) is 0 Å². The van der Waals surface area contributed by atoms with E-state index < -0.39 is 0 Å². The zero-order valence-electron chi connectivity index (χ0n) is 12.1. The lowest BCUT2D eigenvalue weighted by molar-refractivity contribution is -0.151. The van der Waals surface area contributed by atoms with Gasteiger partial charge in [0.2, 0.25) is 11.8 Å². The van der Waals surface area contributed by atoms with Gasteiger partial charge in [-0.05, 0) is 31.6 Å². The average Bonchev–Trinajstić information content (AvgIpc) is 3.15. The minimum Gasteiger partial charge on any atom is -0.381 e. The van der Waals surface area contributed by atoms with Crippen molar-refractivity contribution in [1.29, 1.82) is 0 Å². The third kappa shape index (κ3) is 2.68. The van der Waals surface area contributed by atoms with Crippen molar-refractivity contribution >= 4 is 11.8 Å². The molecule has 3 aliphatic rings. The Bertz CT molecular complexity index is 389. The Labute approximate surface area is 120 Å². The fourth-order valence-corrected chi connectivity index (χ4v) is 3.32. The third-order valence-electron chi connectivity index (χ3n) is 4.66. The SMILES string of the molecule is CCCC1C(=O)NC(C2CC2)C(=O)N1CC1CCOC1. The molecule has 1 N–H and O–H groups in total. The number of piperazine rings is 1. The van der Waals surface area contributed by atoms with Gasteiger partial charge in [-0.3, -0.25) is 9.59 Å². The van der Waals surface area contributed by atoms with Crippen molar-refractivity contribution in [1.82, 2.24) is 10.2 Å². The third-order valence-corrected chi connectivity index (χ3v) is 4.66. The van der Waals surface area contributed by atoms with Crippen molar-refractivity contribution in [2.75, 3.05) is 19.8 Å². The standard InChI is InChI=1S/C15H24N2O3/c1-2-3-12-14(18)16-13(11-4-5-11)15(19)17(12)8-10-6-7-20-9-10/h10-13H,2-9H2,1H3,(H,16,18). The molecule has 5 heteroatoms. The fourth-order valence-electron chi connectivity index (χ4n) is 3.32. The highest BCUT2D eigenvalue weighted by atomic mass is 16.5. The van der Waals surface area contributed by atoms with Crippen LogP contribution in [0.1, 0.15) is 39.0 Å². The van der Waals surface area contributed by atoms with E-state index in [1.807, 2.05) is 4.90 Å². The molecule has 2 heterocycles. The summed E-state index contributed by atoms with van der Waals surface area (Å²) in [5, 5.41) is 2.96. The van der Waals surface area contributed by atoms with Gasteiger partial charge >= 0.3 is 0 Å². The van der Waals surface area contributed by atoms with E-state index in [1.54, 1.807) is 0 Å². The van der Waals surface area contributed by atoms with Gasteiger partial charge in [0.15, 0.2) is 0 Å². The molecular formula is C15H24N2O3. The van der Waals surface area contributed by atoms with Gasteiger partial charge in [0.25, 0.3) is 0 Å². The number of hydrogen-bond donors (Lipinski definition) is 1. The summed E-state index contributed by atoms with van der Waals surface area (Å²) in [5.41, 5.74) is 0. The molecule has 1 saturated carbocycles. The highest BCUT2D eigenvalue weighted by molar-refractivity contribution is 5.97. The van der Waals surface area contributed by atoms with E-state index >= 15 is 0 Å². The van der Waals surface area contributed by atoms with E-state index in [0.29, 0.717) is 18.4 Å². The van der Waals surface area contributed by atoms with E-state index in [4.69, 9.17) is 4.74 Å². The minimum absolute atomic E-state index is 0.0438. The lowest BCUT2D eigenvalue weighted by Gasteiger charge is -2.40. The summed E-state index contributed by atoms with van der Waals surface area (Å²) in [5.74, 6) is 0.945. The molecule has 3 fully saturated rings. The van der Waals surface area contributed by atoms with E-state index in [9.17, 15) is 9.59 Å². The van der Waals surface area contributed by atoms with Gasteiger partial charge in [0.05, 0.1) is 6.61 Å². The maximum absolute atomic E-state index is 12.7. The van der Waals surface area contributed by atoms with Crippen LogP contribution in [0.3, 0.4) is 0 Å². The van der Waals surface area contributed by atoms with E-state index in [0.717, 1.165) is 45.3 Å². The average molecular weight is 280 g/mol. The Balaban J connectivity index is 1.74. The normalized spacial score (nSPS) is 34.5. The molecule has 0 aromatic carbocycles. The summed E-state index contributed by atoms with van der Waals surface area (Å²) >= 11 is 0. The highest BCUT2D eigenvalue weighted by Gasteiger charge is 2.46. The molecule has 2 saturated heterocycles. The molecule has 20 heavy (non-hydrogen) atoms. The van der Waals surface area contributed by atoms with Crippen molar-refractivity contribution in [2.24, 2.45) is 11.8 Å². The van der Waals surface area contributed by atoms with Crippen LogP contribution in [0, 0.1) is 11.8 Å². The molecule has 0 aromatic heterocycles. The van der Waals surface area contributed by atoms with Crippen LogP contribution in [0.4, 0.5) is 0 Å². The van der Waals surface area contributed by atoms with Crippen LogP contribution < -0.4 is 5.32 Å². The zero-order chi connectivity index (χ0) is 14.1. The number of carbonyl (C=O) groups excluding carboxylic acids is 2. The lowest BCUT2D eigenvalue weighted by Crippen LogP contribution is -2.64. The van der Waals surface area contributed by atoms with Crippen LogP contribution in [0.5, 0.6) is 0 Å². The first-order valence-electron chi connectivity index (χ1n) is 7.89. The van der Waals surface area contributed by atoms with Crippen LogP contribution in [-0.4, -0.2) is 48.6 Å². The van der Waals surface area contributed by atoms with Crippen molar-refractivity contribution in [2.45, 2.75) is 51.1 Å². The predicted molar refractivity (Wildman–Crippen MR) is 74.0 cm³/mol. The van der Waals surface area contributed by atoms with Gasteiger partial charge in [-0.1, -0.05) is 13.3 Å². The molecule has 112 valence electrons. The van der Waals surface area contributed by atoms with E-state index in [-0.39, 0.29) is 23.9 Å². The Morgan fingerprint density at radius 3 is 2.70 bits per heavy atom. The number of nitrogens with zero attached hydrogens (tertiary/aromatic N) is 1. The van der Waals surface area contributed by atoms with Gasteiger partial charge in [0.1, 0.15) is 12.1 Å². The van der Waals surface area contributed by atoms with Gasteiger partial charge in [-0.25, -0.2) is 0 Å². The van der Waals surface area contributed by atoms with Gasteiger partial charge in [-0.2, -0.15) is 0 Å². The number of ether oxygens (including phenoxy) is 1. The smallest absolute Gasteiger partial charge is 0.246 e. The summed E-state index contributed by atoms with van der Waals surface area (Å²) in [6.45, 7) is 4.24. The van der Waals surface area contributed by atoms with Crippen molar-refractivity contribution in [3.05, 3.63) is 0 Å². The van der Waals surface area contributed by atoms with Crippen molar-refractivity contribution in [3.63, 3.8) is 0 Å². The lowest BCUT2D eigenvalue weighted by atomic mass is 9.98. The Morgan fingerprint density at radius 1 is 1.30 bits per heavy atom. The Hall–Kier alpha value is -1.10. The molecule has 2 amide bonds. The van der Waals surface area contributed by atoms with Crippen molar-refractivity contribution < 1.29 is 14.3 Å².